The molecule has 1 amide bonds. The van der Waals surface area contributed by atoms with Gasteiger partial charge in [-0.15, -0.1) is 0 Å². The number of aromatic carboxylic acids is 1. The Balaban J connectivity index is 1.27. The maximum atomic E-state index is 13.6. The third-order valence-corrected chi connectivity index (χ3v) is 8.37. The molecule has 3 N–H and O–H groups in total. The average Bonchev–Trinajstić information content (AvgIpc) is 3.45. The van der Waals surface area contributed by atoms with Gasteiger partial charge in [0.05, 0.1) is 33.9 Å². The van der Waals surface area contributed by atoms with E-state index in [1.807, 2.05) is 39.0 Å². The Hall–Kier alpha value is -4.73. The zero-order valence-electron chi connectivity index (χ0n) is 23.4. The third kappa shape index (κ3) is 4.69. The summed E-state index contributed by atoms with van der Waals surface area (Å²) in [6, 6.07) is 13.9. The predicted molar refractivity (Wildman–Crippen MR) is 157 cm³/mol. The minimum atomic E-state index is -1.01. The molecule has 3 unspecified atom stereocenters. The highest BCUT2D eigenvalue weighted by Gasteiger charge is 2.60. The van der Waals surface area contributed by atoms with E-state index in [0.717, 1.165) is 22.5 Å². The lowest BCUT2D eigenvalue weighted by Gasteiger charge is -2.25. The second kappa shape index (κ2) is 10.0. The molecule has 41 heavy (non-hydrogen) atoms. The van der Waals surface area contributed by atoms with Crippen molar-refractivity contribution in [3.63, 3.8) is 0 Å². The number of pyridine rings is 1. The van der Waals surface area contributed by atoms with Gasteiger partial charge in [0.2, 0.25) is 11.9 Å². The van der Waals surface area contributed by atoms with E-state index in [0.29, 0.717) is 35.6 Å². The summed E-state index contributed by atoms with van der Waals surface area (Å²) in [6.07, 6.45) is 1.70. The average molecular weight is 553 g/mol. The molecule has 2 aromatic carbocycles. The van der Waals surface area contributed by atoms with Crippen molar-refractivity contribution in [1.82, 2.24) is 14.5 Å². The number of para-hydroxylation sites is 1. The summed E-state index contributed by atoms with van der Waals surface area (Å²) in [5.41, 5.74) is 4.36. The summed E-state index contributed by atoms with van der Waals surface area (Å²) in [4.78, 5) is 49.6. The second-order valence-corrected chi connectivity index (χ2v) is 11.1. The molecule has 1 saturated heterocycles. The molecular formula is C31H32N6O4. The summed E-state index contributed by atoms with van der Waals surface area (Å²) in [7, 11) is 1.73. The molecule has 2 fully saturated rings. The summed E-state index contributed by atoms with van der Waals surface area (Å²) < 4.78 is 1.59. The molecule has 0 bridgehead atoms. The second-order valence-electron chi connectivity index (χ2n) is 11.1. The van der Waals surface area contributed by atoms with Crippen LogP contribution in [0.5, 0.6) is 0 Å². The molecule has 2 aromatic heterocycles. The number of hydrogen-bond acceptors (Lipinski definition) is 7. The van der Waals surface area contributed by atoms with E-state index >= 15 is 0 Å². The molecule has 10 heteroatoms. The van der Waals surface area contributed by atoms with Gasteiger partial charge in [-0.3, -0.25) is 19.1 Å². The first-order valence-corrected chi connectivity index (χ1v) is 13.7. The van der Waals surface area contributed by atoms with Crippen LogP contribution in [0.1, 0.15) is 40.1 Å². The van der Waals surface area contributed by atoms with Crippen molar-refractivity contribution < 1.29 is 14.7 Å². The number of benzene rings is 2. The molecule has 1 saturated carbocycles. The first-order chi connectivity index (χ1) is 19.6. The molecule has 4 aromatic rings. The number of rotatable bonds is 7. The third-order valence-electron chi connectivity index (χ3n) is 8.37. The van der Waals surface area contributed by atoms with E-state index in [1.54, 1.807) is 48.1 Å². The van der Waals surface area contributed by atoms with Crippen LogP contribution in [0.3, 0.4) is 0 Å². The summed E-state index contributed by atoms with van der Waals surface area (Å²) in [6.45, 7) is 7.02. The van der Waals surface area contributed by atoms with Crippen LogP contribution in [0.15, 0.2) is 59.5 Å². The number of hydrogen-bond donors (Lipinski definition) is 3. The number of nitrogens with zero attached hydrogens (tertiary/aromatic N) is 4. The van der Waals surface area contributed by atoms with Gasteiger partial charge in [-0.2, -0.15) is 0 Å². The normalized spacial score (nSPS) is 20.0. The van der Waals surface area contributed by atoms with Gasteiger partial charge in [0.15, 0.2) is 0 Å². The lowest BCUT2D eigenvalue weighted by molar-refractivity contribution is -0.118. The van der Waals surface area contributed by atoms with Crippen molar-refractivity contribution in [1.29, 1.82) is 0 Å². The minimum absolute atomic E-state index is 0.00964. The first kappa shape index (κ1) is 26.5. The summed E-state index contributed by atoms with van der Waals surface area (Å²) in [5.74, 6) is -0.107. The lowest BCUT2D eigenvalue weighted by atomic mass is 10.0. The number of piperidine rings is 1. The molecular weight excluding hydrogens is 520 g/mol. The van der Waals surface area contributed by atoms with Gasteiger partial charge in [0.25, 0.3) is 5.56 Å². The van der Waals surface area contributed by atoms with E-state index in [9.17, 15) is 19.5 Å². The number of amides is 1. The number of nitrogens with one attached hydrogen (secondary N) is 2. The molecule has 210 valence electrons. The fourth-order valence-electron chi connectivity index (χ4n) is 6.17. The van der Waals surface area contributed by atoms with Gasteiger partial charge in [-0.1, -0.05) is 18.2 Å². The molecule has 1 aliphatic heterocycles. The van der Waals surface area contributed by atoms with E-state index in [2.05, 4.69) is 20.5 Å². The molecule has 6 rings (SSSR count). The maximum Gasteiger partial charge on any atom is 0.337 e. The van der Waals surface area contributed by atoms with Crippen molar-refractivity contribution in [2.24, 2.45) is 24.8 Å². The number of aryl methyl sites for hydroxylation is 2. The Labute approximate surface area is 237 Å². The Morgan fingerprint density at radius 1 is 1.05 bits per heavy atom. The van der Waals surface area contributed by atoms with Gasteiger partial charge >= 0.3 is 5.97 Å². The van der Waals surface area contributed by atoms with Gasteiger partial charge in [0.1, 0.15) is 0 Å². The Kier molecular flexibility index (Phi) is 6.48. The van der Waals surface area contributed by atoms with Crippen LogP contribution >= 0.6 is 0 Å². The van der Waals surface area contributed by atoms with Crippen LogP contribution < -0.4 is 21.1 Å². The highest BCUT2D eigenvalue weighted by atomic mass is 16.4. The number of anilines is 3. The fraction of sp³-hybridized carbons (Fsp3) is 0.323. The Bertz CT molecular complexity index is 1750. The molecule has 0 radical (unpaired) electrons. The van der Waals surface area contributed by atoms with Crippen LogP contribution in [0.4, 0.5) is 17.3 Å². The zero-order valence-corrected chi connectivity index (χ0v) is 23.4. The highest BCUT2D eigenvalue weighted by molar-refractivity contribution is 5.96. The standard InChI is InChI=1S/C31H32N6O4/c1-16-12-20(17(2)33-25-9-6-5-8-19(25)30(40)41)27-21(13-16)29(39)36(4)31(35-27)37-14-22-23(15-37)26(22)28(38)34-24-10-7-11-32-18(24)3/h5-13,17,22-23,26,33H,14-15H2,1-4H3,(H,34,38)(H,40,41). The van der Waals surface area contributed by atoms with Crippen LogP contribution in [0, 0.1) is 31.6 Å². The molecule has 3 atom stereocenters. The number of aromatic nitrogens is 3. The zero-order chi connectivity index (χ0) is 29.0. The number of carbonyl (C=O) groups is 2. The van der Waals surface area contributed by atoms with Gasteiger partial charge in [0, 0.05) is 43.5 Å². The van der Waals surface area contributed by atoms with Crippen LogP contribution in [0.2, 0.25) is 0 Å². The maximum absolute atomic E-state index is 13.6. The van der Waals surface area contributed by atoms with Crippen molar-refractivity contribution in [2.75, 3.05) is 28.6 Å². The molecule has 10 nitrogen and oxygen atoms in total. The Morgan fingerprint density at radius 3 is 2.46 bits per heavy atom. The lowest BCUT2D eigenvalue weighted by Crippen LogP contribution is -2.34. The molecule has 3 heterocycles. The first-order valence-electron chi connectivity index (χ1n) is 13.7. The smallest absolute Gasteiger partial charge is 0.337 e. The van der Waals surface area contributed by atoms with Crippen LogP contribution in [-0.4, -0.2) is 44.6 Å². The van der Waals surface area contributed by atoms with E-state index in [4.69, 9.17) is 4.98 Å². The van der Waals surface area contributed by atoms with E-state index in [1.165, 1.54) is 0 Å². The molecule has 0 spiro atoms. The van der Waals surface area contributed by atoms with E-state index < -0.39 is 5.97 Å². The monoisotopic (exact) mass is 552 g/mol. The van der Waals surface area contributed by atoms with Gasteiger partial charge in [-0.05, 0) is 68.5 Å². The minimum Gasteiger partial charge on any atom is -0.478 e. The summed E-state index contributed by atoms with van der Waals surface area (Å²) >= 11 is 0. The van der Waals surface area contributed by atoms with E-state index in [-0.39, 0.29) is 40.8 Å². The number of carboxylic acid groups (broad SMARTS) is 1. The number of carbonyl (C=O) groups excluding carboxylic acids is 1. The van der Waals surface area contributed by atoms with Gasteiger partial charge in [-0.25, -0.2) is 9.78 Å². The fourth-order valence-corrected chi connectivity index (χ4v) is 6.17. The topological polar surface area (TPSA) is 129 Å². The number of carboxylic acids is 1. The highest BCUT2D eigenvalue weighted by Crippen LogP contribution is 2.52. The van der Waals surface area contributed by atoms with Crippen molar-refractivity contribution >= 4 is 40.1 Å². The molecule has 2 aliphatic rings. The Morgan fingerprint density at radius 2 is 1.76 bits per heavy atom. The van der Waals surface area contributed by atoms with Crippen molar-refractivity contribution in [3.05, 3.63) is 87.5 Å². The summed E-state index contributed by atoms with van der Waals surface area (Å²) in [5, 5.41) is 16.5. The number of fused-ring (bicyclic) bond motifs is 2. The predicted octanol–water partition coefficient (Wildman–Crippen LogP) is 4.14. The largest absolute Gasteiger partial charge is 0.478 e. The van der Waals surface area contributed by atoms with Crippen molar-refractivity contribution in [2.45, 2.75) is 26.8 Å². The van der Waals surface area contributed by atoms with Crippen LogP contribution in [-0.2, 0) is 11.8 Å². The van der Waals surface area contributed by atoms with Gasteiger partial charge < -0.3 is 20.6 Å². The quantitative estimate of drug-likeness (QED) is 0.312. The SMILES string of the molecule is Cc1cc(C(C)Nc2ccccc2C(=O)O)c2nc(N3CC4C(C3)C4C(=O)Nc3cccnc3C)n(C)c(=O)c2c1. The van der Waals surface area contributed by atoms with Crippen molar-refractivity contribution in [3.8, 4) is 0 Å². The molecule has 1 aliphatic carbocycles. The van der Waals surface area contributed by atoms with Crippen LogP contribution in [0.25, 0.3) is 10.9 Å².